The van der Waals surface area contributed by atoms with Crippen LogP contribution in [0.15, 0.2) is 42.5 Å². The van der Waals surface area contributed by atoms with Crippen LogP contribution in [0.5, 0.6) is 0 Å². The normalized spacial score (nSPS) is 9.89. The van der Waals surface area contributed by atoms with Crippen molar-refractivity contribution in [1.29, 1.82) is 0 Å². The summed E-state index contributed by atoms with van der Waals surface area (Å²) in [7, 11) is 0. The van der Waals surface area contributed by atoms with Crippen molar-refractivity contribution in [1.82, 2.24) is 0 Å². The molecule has 0 fully saturated rings. The zero-order valence-corrected chi connectivity index (χ0v) is 13.6. The monoisotopic (exact) mass is 308 g/mol. The van der Waals surface area contributed by atoms with Crippen molar-refractivity contribution in [3.05, 3.63) is 59.7 Å². The molecule has 3 aromatic carbocycles. The molecule has 0 amide bonds. The Balaban J connectivity index is 0.000000810. The maximum absolute atomic E-state index is 3.40. The summed E-state index contributed by atoms with van der Waals surface area (Å²) in [4.78, 5) is 0. The number of rotatable bonds is 0. The molecule has 3 rings (SSSR count). The minimum absolute atomic E-state index is 0. The number of hydrogen-bond donors (Lipinski definition) is 0. The van der Waals surface area contributed by atoms with Crippen molar-refractivity contribution in [2.75, 3.05) is 0 Å². The Labute approximate surface area is 134 Å². The molecule has 18 heavy (non-hydrogen) atoms. The van der Waals surface area contributed by atoms with Gasteiger partial charge in [-0.15, -0.1) is 29.1 Å². The van der Waals surface area contributed by atoms with Crippen LogP contribution in [0.4, 0.5) is 0 Å². The summed E-state index contributed by atoms with van der Waals surface area (Å²) in [5.41, 5.74) is 2.63. The Morgan fingerprint density at radius 1 is 0.889 bits per heavy atom. The third-order valence-corrected chi connectivity index (χ3v) is 3.22. The Bertz CT molecular complexity index is 689. The molecule has 0 aliphatic heterocycles. The van der Waals surface area contributed by atoms with Crippen molar-refractivity contribution in [2.45, 2.75) is 13.8 Å². The van der Waals surface area contributed by atoms with E-state index in [1.165, 1.54) is 32.7 Å². The van der Waals surface area contributed by atoms with Crippen LogP contribution in [-0.4, -0.2) is 23.1 Å². The van der Waals surface area contributed by atoms with Crippen molar-refractivity contribution >= 4 is 44.6 Å². The molecule has 0 aliphatic rings. The van der Waals surface area contributed by atoms with Gasteiger partial charge in [0.25, 0.3) is 0 Å². The summed E-state index contributed by atoms with van der Waals surface area (Å²) in [5.74, 6) is 0. The van der Waals surface area contributed by atoms with Crippen LogP contribution in [0.2, 0.25) is 0 Å². The van der Waals surface area contributed by atoms with Gasteiger partial charge in [0.1, 0.15) is 0 Å². The summed E-state index contributed by atoms with van der Waals surface area (Å²) >= 11 is 0. The molecule has 0 nitrogen and oxygen atoms in total. The summed E-state index contributed by atoms with van der Waals surface area (Å²) in [6.07, 6.45) is 0. The maximum Gasteiger partial charge on any atom is 2.00 e. The van der Waals surface area contributed by atoms with Crippen molar-refractivity contribution in [3.8, 4) is 0 Å². The molecule has 0 aromatic heterocycles. The first-order chi connectivity index (χ1) is 7.77. The fraction of sp³-hybridized carbons (Fsp3) is 0.125. The van der Waals surface area contributed by atoms with E-state index in [-0.39, 0.29) is 40.0 Å². The fourth-order valence-electron chi connectivity index (χ4n) is 2.34. The van der Waals surface area contributed by atoms with E-state index in [9.17, 15) is 0 Å². The van der Waals surface area contributed by atoms with Crippen molar-refractivity contribution < 1.29 is 17.0 Å². The predicted molar refractivity (Wildman–Crippen MR) is 75.5 cm³/mol. The average molecular weight is 309 g/mol. The number of fused-ring (bicyclic) bond motifs is 3. The summed E-state index contributed by atoms with van der Waals surface area (Å²) in [6.45, 7) is 4.31. The second-order valence-corrected chi connectivity index (χ2v) is 4.33. The number of halogens is 1. The third-order valence-electron chi connectivity index (χ3n) is 3.22. The molecule has 0 spiro atoms. The number of benzene rings is 3. The molecule has 0 heterocycles. The molecule has 0 aliphatic carbocycles. The standard InChI is InChI=1S/C16H13.BrH.Mg/c1-11-7-8-12(2)16-14(11)10-9-13-5-3-4-6-15(13)16;;/h3-9H,1-2H3;1H;/q-1;;+2/p-1. The first-order valence-corrected chi connectivity index (χ1v) is 5.57. The van der Waals surface area contributed by atoms with E-state index in [0.717, 1.165) is 0 Å². The van der Waals surface area contributed by atoms with Crippen LogP contribution < -0.4 is 17.0 Å². The fourth-order valence-corrected chi connectivity index (χ4v) is 2.34. The summed E-state index contributed by atoms with van der Waals surface area (Å²) in [5, 5.41) is 5.19. The Hall–Kier alpha value is -0.574. The van der Waals surface area contributed by atoms with Gasteiger partial charge in [-0.2, -0.15) is 0 Å². The molecular weight excluding hydrogens is 296 g/mol. The molecule has 0 saturated heterocycles. The van der Waals surface area contributed by atoms with Crippen molar-refractivity contribution in [3.63, 3.8) is 0 Å². The minimum atomic E-state index is 0. The zero-order chi connectivity index (χ0) is 11.1. The Kier molecular flexibility index (Phi) is 5.20. The van der Waals surface area contributed by atoms with Gasteiger partial charge in [0.05, 0.1) is 0 Å². The largest absolute Gasteiger partial charge is 2.00 e. The molecular formula is C16H13BrMg. The summed E-state index contributed by atoms with van der Waals surface area (Å²) in [6, 6.07) is 18.4. The molecule has 0 saturated carbocycles. The van der Waals surface area contributed by atoms with E-state index >= 15 is 0 Å². The zero-order valence-electron chi connectivity index (χ0n) is 10.6. The molecule has 0 atom stereocenters. The second-order valence-electron chi connectivity index (χ2n) is 4.33. The Morgan fingerprint density at radius 2 is 1.56 bits per heavy atom. The van der Waals surface area contributed by atoms with Crippen LogP contribution in [0.25, 0.3) is 21.5 Å². The van der Waals surface area contributed by atoms with E-state index in [0.29, 0.717) is 0 Å². The first kappa shape index (κ1) is 15.5. The van der Waals surface area contributed by atoms with Gasteiger partial charge in [0, 0.05) is 0 Å². The topological polar surface area (TPSA) is 0 Å². The molecule has 0 unspecified atom stereocenters. The van der Waals surface area contributed by atoms with Crippen LogP contribution in [-0.2, 0) is 0 Å². The van der Waals surface area contributed by atoms with E-state index < -0.39 is 0 Å². The molecule has 3 aromatic rings. The van der Waals surface area contributed by atoms with E-state index in [1.807, 2.05) is 0 Å². The quantitative estimate of drug-likeness (QED) is 0.331. The molecule has 0 radical (unpaired) electrons. The van der Waals surface area contributed by atoms with Gasteiger partial charge < -0.3 is 17.0 Å². The van der Waals surface area contributed by atoms with Gasteiger partial charge in [-0.1, -0.05) is 59.0 Å². The van der Waals surface area contributed by atoms with E-state index in [1.54, 1.807) is 0 Å². The average Bonchev–Trinajstić information content (AvgIpc) is 2.33. The SMILES string of the molecule is Cc1ccc(C)c2c1[c-]cc1ccccc12.[Br-].[Mg+2]. The van der Waals surface area contributed by atoms with Gasteiger partial charge in [-0.3, -0.25) is 0 Å². The van der Waals surface area contributed by atoms with Crippen LogP contribution in [0, 0.1) is 19.9 Å². The van der Waals surface area contributed by atoms with Gasteiger partial charge in [0.15, 0.2) is 0 Å². The van der Waals surface area contributed by atoms with Crippen LogP contribution in [0.3, 0.4) is 0 Å². The maximum atomic E-state index is 3.40. The number of hydrogen-bond acceptors (Lipinski definition) is 0. The minimum Gasteiger partial charge on any atom is -1.00 e. The third kappa shape index (κ3) is 2.42. The second kappa shape index (κ2) is 6.05. The molecule has 2 heteroatoms. The van der Waals surface area contributed by atoms with Gasteiger partial charge in [-0.05, 0) is 6.92 Å². The summed E-state index contributed by atoms with van der Waals surface area (Å²) < 4.78 is 0. The molecule has 0 N–H and O–H groups in total. The molecule has 0 bridgehead atoms. The van der Waals surface area contributed by atoms with Gasteiger partial charge in [0.2, 0.25) is 0 Å². The predicted octanol–water partition coefficient (Wildman–Crippen LogP) is 1.03. The van der Waals surface area contributed by atoms with E-state index in [2.05, 4.69) is 62.4 Å². The Morgan fingerprint density at radius 3 is 2.33 bits per heavy atom. The van der Waals surface area contributed by atoms with Gasteiger partial charge >= 0.3 is 23.1 Å². The van der Waals surface area contributed by atoms with Gasteiger partial charge in [-0.25, -0.2) is 0 Å². The van der Waals surface area contributed by atoms with Crippen LogP contribution in [0.1, 0.15) is 11.1 Å². The van der Waals surface area contributed by atoms with Crippen LogP contribution >= 0.6 is 0 Å². The molecule has 86 valence electrons. The first-order valence-electron chi connectivity index (χ1n) is 5.57. The smallest absolute Gasteiger partial charge is 1.00 e. The number of aryl methyl sites for hydroxylation is 2. The van der Waals surface area contributed by atoms with Crippen molar-refractivity contribution in [2.24, 2.45) is 0 Å². The van der Waals surface area contributed by atoms with E-state index in [4.69, 9.17) is 0 Å².